The molecule has 322 valence electrons. The Bertz CT molecular complexity index is 2920. The normalized spacial score (nSPS) is 14.7. The highest BCUT2D eigenvalue weighted by molar-refractivity contribution is 7.99. The van der Waals surface area contributed by atoms with E-state index in [0.29, 0.717) is 60.7 Å². The predicted molar refractivity (Wildman–Crippen MR) is 254 cm³/mol. The lowest BCUT2D eigenvalue weighted by Gasteiger charge is -2.15. The van der Waals surface area contributed by atoms with Crippen LogP contribution in [0.2, 0.25) is 0 Å². The molecule has 1 fully saturated rings. The number of amides is 3. The Balaban J connectivity index is 0.000000178. The van der Waals surface area contributed by atoms with Crippen LogP contribution in [0.1, 0.15) is 80.3 Å². The van der Waals surface area contributed by atoms with Gasteiger partial charge in [-0.25, -0.2) is 9.98 Å². The van der Waals surface area contributed by atoms with Gasteiger partial charge in [-0.3, -0.25) is 14.4 Å². The van der Waals surface area contributed by atoms with E-state index in [9.17, 15) is 14.4 Å². The number of aliphatic imine (C=N–C) groups is 2. The fourth-order valence-electron chi connectivity index (χ4n) is 7.41. The zero-order chi connectivity index (χ0) is 45.1. The van der Waals surface area contributed by atoms with Crippen LogP contribution in [0.15, 0.2) is 163 Å². The van der Waals surface area contributed by atoms with Crippen molar-refractivity contribution in [2.45, 2.75) is 51.8 Å². The molecule has 1 unspecified atom stereocenters. The Hall–Kier alpha value is -7.29. The molecule has 0 radical (unpaired) electrons. The van der Waals surface area contributed by atoms with Crippen LogP contribution in [-0.2, 0) is 9.53 Å². The minimum atomic E-state index is -0.523. The Morgan fingerprint density at radius 3 is 1.74 bits per heavy atom. The topological polar surface area (TPSA) is 169 Å². The number of nitrogens with zero attached hydrogens (tertiary/aromatic N) is 4. The zero-order valence-electron chi connectivity index (χ0n) is 35.5. The van der Waals surface area contributed by atoms with Gasteiger partial charge in [-0.2, -0.15) is 10.5 Å². The number of nitriles is 2. The van der Waals surface area contributed by atoms with Gasteiger partial charge in [0, 0.05) is 72.7 Å². The number of benzene rings is 6. The Morgan fingerprint density at radius 1 is 0.692 bits per heavy atom. The maximum atomic E-state index is 13.0. The summed E-state index contributed by atoms with van der Waals surface area (Å²) in [6, 6.07) is 45.8. The summed E-state index contributed by atoms with van der Waals surface area (Å²) in [4.78, 5) is 51.9. The van der Waals surface area contributed by atoms with Crippen molar-refractivity contribution in [2.24, 2.45) is 9.98 Å². The first kappa shape index (κ1) is 44.3. The molecule has 3 aliphatic rings. The molecule has 0 aromatic heterocycles. The molecule has 6 aromatic rings. The summed E-state index contributed by atoms with van der Waals surface area (Å²) in [6.07, 6.45) is 2.44. The molecule has 3 N–H and O–H groups in total. The summed E-state index contributed by atoms with van der Waals surface area (Å²) in [5.74, 6) is -0.566. The fraction of sp³-hybridized carbons (Fsp3) is 0.173. The Morgan fingerprint density at radius 2 is 1.22 bits per heavy atom. The number of fused-ring (bicyclic) bond motifs is 4. The Kier molecular flexibility index (Phi) is 14.3. The summed E-state index contributed by atoms with van der Waals surface area (Å²) < 4.78 is 5.28. The van der Waals surface area contributed by atoms with Crippen molar-refractivity contribution in [3.8, 4) is 12.1 Å². The van der Waals surface area contributed by atoms with Gasteiger partial charge in [0.25, 0.3) is 11.8 Å². The van der Waals surface area contributed by atoms with E-state index in [1.165, 1.54) is 0 Å². The average Bonchev–Trinajstić information content (AvgIpc) is 3.73. The zero-order valence-corrected chi connectivity index (χ0v) is 37.1. The third-order valence-electron chi connectivity index (χ3n) is 10.8. The van der Waals surface area contributed by atoms with Crippen LogP contribution in [0.3, 0.4) is 0 Å². The molecule has 3 heterocycles. The molecule has 13 heteroatoms. The van der Waals surface area contributed by atoms with Gasteiger partial charge in [-0.1, -0.05) is 84.2 Å². The number of ether oxygens (including phenoxy) is 1. The molecule has 0 bridgehead atoms. The summed E-state index contributed by atoms with van der Waals surface area (Å²) in [7, 11) is 0. The van der Waals surface area contributed by atoms with Crippen molar-refractivity contribution in [3.05, 3.63) is 178 Å². The number of nitrogens with one attached hydrogen (secondary N) is 3. The number of carbonyl (C=O) groups is 3. The molecule has 0 saturated carbocycles. The van der Waals surface area contributed by atoms with Crippen LogP contribution in [-0.4, -0.2) is 61.5 Å². The van der Waals surface area contributed by atoms with Gasteiger partial charge < -0.3 is 20.7 Å². The van der Waals surface area contributed by atoms with Gasteiger partial charge >= 0.3 is 0 Å². The second kappa shape index (κ2) is 20.9. The first-order chi connectivity index (χ1) is 31.8. The summed E-state index contributed by atoms with van der Waals surface area (Å²) in [5.41, 5.74) is 9.09. The van der Waals surface area contributed by atoms with Gasteiger partial charge in [-0.15, -0.1) is 0 Å². The van der Waals surface area contributed by atoms with E-state index in [1.807, 2.05) is 91.9 Å². The Labute approximate surface area is 386 Å². The second-order valence-corrected chi connectivity index (χ2v) is 17.3. The van der Waals surface area contributed by atoms with Crippen LogP contribution in [0.5, 0.6) is 0 Å². The largest absolute Gasteiger partial charge is 0.380 e. The van der Waals surface area contributed by atoms with E-state index in [-0.39, 0.29) is 17.7 Å². The molecule has 0 aliphatic carbocycles. The third-order valence-corrected chi connectivity index (χ3v) is 13.1. The highest BCUT2D eigenvalue weighted by Crippen LogP contribution is 2.43. The van der Waals surface area contributed by atoms with E-state index in [1.54, 1.807) is 59.9 Å². The number of hydrogen-bond donors (Lipinski definition) is 3. The van der Waals surface area contributed by atoms with Crippen molar-refractivity contribution < 1.29 is 19.1 Å². The highest BCUT2D eigenvalue weighted by Gasteiger charge is 2.25. The smallest absolute Gasteiger partial charge is 0.252 e. The van der Waals surface area contributed by atoms with Gasteiger partial charge in [0.05, 0.1) is 52.7 Å². The molecule has 9 rings (SSSR count). The highest BCUT2D eigenvalue weighted by atomic mass is 32.2. The van der Waals surface area contributed by atoms with Crippen molar-refractivity contribution in [3.63, 3.8) is 0 Å². The minimum Gasteiger partial charge on any atom is -0.380 e. The standard InChI is InChI=1S/C27H22N4O2S.C25H21N3O2S/c28-16-17-8-10-18(11-9-17)25-20-5-1-2-7-23(20)34-24-13-12-19(15-22(24)30-25)26(32)31-21-6-3-4-14-29-27(21)33;1-2-30-14-13-27-25(29)19-11-12-23-21(15-19)28-24(18-9-7-17(16-26)8-10-18)20-5-3-4-6-22(20)31-23/h1-2,5,7-13,15,21H,3-4,6,14H2,(H,29,33)(H,31,32);3-12,15H,2,13-14H2,1H3,(H,27,29). The number of carbonyl (C=O) groups excluding carboxylic acids is 3. The molecule has 1 atom stereocenters. The summed E-state index contributed by atoms with van der Waals surface area (Å²) >= 11 is 3.24. The van der Waals surface area contributed by atoms with Crippen LogP contribution >= 0.6 is 23.5 Å². The molecule has 11 nitrogen and oxygen atoms in total. The van der Waals surface area contributed by atoms with Crippen molar-refractivity contribution in [1.82, 2.24) is 16.0 Å². The molecule has 65 heavy (non-hydrogen) atoms. The molecule has 1 saturated heterocycles. The lowest BCUT2D eigenvalue weighted by molar-refractivity contribution is -0.122. The van der Waals surface area contributed by atoms with Crippen LogP contribution in [0.4, 0.5) is 11.4 Å². The van der Waals surface area contributed by atoms with Gasteiger partial charge in [0.1, 0.15) is 6.04 Å². The monoisotopic (exact) mass is 893 g/mol. The number of rotatable bonds is 9. The second-order valence-electron chi connectivity index (χ2n) is 15.1. The molecule has 0 spiro atoms. The van der Waals surface area contributed by atoms with Crippen LogP contribution < -0.4 is 16.0 Å². The van der Waals surface area contributed by atoms with Crippen LogP contribution in [0, 0.1) is 22.7 Å². The van der Waals surface area contributed by atoms with Crippen molar-refractivity contribution >= 4 is 64.0 Å². The predicted octanol–water partition coefficient (Wildman–Crippen LogP) is 9.55. The van der Waals surface area contributed by atoms with Gasteiger partial charge in [-0.05, 0) is 99.0 Å². The lowest BCUT2D eigenvalue weighted by atomic mass is 10.0. The quantitative estimate of drug-likeness (QED) is 0.120. The van der Waals surface area contributed by atoms with Crippen molar-refractivity contribution in [2.75, 3.05) is 26.3 Å². The molecule has 3 amide bonds. The van der Waals surface area contributed by atoms with E-state index < -0.39 is 6.04 Å². The van der Waals surface area contributed by atoms with Gasteiger partial charge in [0.2, 0.25) is 5.91 Å². The maximum Gasteiger partial charge on any atom is 0.252 e. The summed E-state index contributed by atoms with van der Waals surface area (Å²) in [6.45, 7) is 4.14. The molecule has 6 aromatic carbocycles. The molecule has 3 aliphatic heterocycles. The first-order valence-electron chi connectivity index (χ1n) is 21.3. The maximum absolute atomic E-state index is 13.0. The molecular formula is C52H43N7O4S2. The SMILES string of the molecule is CCOCCNC(=O)c1ccc2c(c1)N=C(c1ccc(C#N)cc1)c1ccccc1S2.N#Cc1ccc(C2=Nc3cc(C(=O)NC4CCCCNC4=O)ccc3Sc3ccccc32)cc1. The lowest BCUT2D eigenvalue weighted by Crippen LogP contribution is -2.45. The fourth-order valence-corrected chi connectivity index (χ4v) is 9.42. The van der Waals surface area contributed by atoms with E-state index >= 15 is 0 Å². The first-order valence-corrected chi connectivity index (χ1v) is 22.9. The van der Waals surface area contributed by atoms with E-state index in [2.05, 4.69) is 40.2 Å². The van der Waals surface area contributed by atoms with Crippen LogP contribution in [0.25, 0.3) is 0 Å². The van der Waals surface area contributed by atoms with Gasteiger partial charge in [0.15, 0.2) is 0 Å². The third kappa shape index (κ3) is 10.6. The number of hydrogen-bond acceptors (Lipinski definition) is 10. The average molecular weight is 894 g/mol. The van der Waals surface area contributed by atoms with E-state index in [0.717, 1.165) is 71.8 Å². The summed E-state index contributed by atoms with van der Waals surface area (Å²) in [5, 5.41) is 26.9. The van der Waals surface area contributed by atoms with E-state index in [4.69, 9.17) is 25.2 Å². The minimum absolute atomic E-state index is 0.132. The molecular weight excluding hydrogens is 851 g/mol. The van der Waals surface area contributed by atoms with Crippen molar-refractivity contribution in [1.29, 1.82) is 10.5 Å².